The number of ether oxygens (including phenoxy) is 2. The van der Waals surface area contributed by atoms with Crippen LogP contribution in [0.1, 0.15) is 34.7 Å². The lowest BCUT2D eigenvalue weighted by Crippen LogP contribution is -2.29. The van der Waals surface area contributed by atoms with Crippen molar-refractivity contribution in [2.75, 3.05) is 12.0 Å². The zero-order chi connectivity index (χ0) is 24.5. The topological polar surface area (TPSA) is 62.4 Å². The number of aromatic amines is 1. The maximum Gasteiger partial charge on any atom is 0.174 e. The minimum absolute atomic E-state index is 0.0531. The molecule has 0 spiro atoms. The fourth-order valence-corrected chi connectivity index (χ4v) is 5.71. The number of nitrogens with zero attached hydrogens (tertiary/aromatic N) is 2. The molecular formula is C27H25IN4O2S. The smallest absolute Gasteiger partial charge is 0.174 e. The summed E-state index contributed by atoms with van der Waals surface area (Å²) in [5.41, 5.74) is 5.45. The molecule has 178 valence electrons. The summed E-state index contributed by atoms with van der Waals surface area (Å²) in [5, 5.41) is 4.20. The number of pyridine rings is 1. The number of benzene rings is 2. The summed E-state index contributed by atoms with van der Waals surface area (Å²) in [6, 6.07) is 21.4. The summed E-state index contributed by atoms with van der Waals surface area (Å²) >= 11 is 8.29. The first-order chi connectivity index (χ1) is 17.0. The first-order valence-corrected chi connectivity index (χ1v) is 12.7. The third-order valence-electron chi connectivity index (χ3n) is 6.15. The SMILES string of the molecule is COc1ccc(Oc2ccc(N3C(=S)N[C@H](c4ccccn4)[C@@H]3c3c(C)[nH]c(C)c3I)cc2)cc1. The van der Waals surface area contributed by atoms with Crippen LogP contribution >= 0.6 is 34.8 Å². The van der Waals surface area contributed by atoms with Crippen molar-refractivity contribution in [3.05, 3.63) is 99.1 Å². The third kappa shape index (κ3) is 4.60. The normalized spacial score (nSPS) is 17.4. The average molecular weight is 596 g/mol. The van der Waals surface area contributed by atoms with Gasteiger partial charge in [0, 0.05) is 32.4 Å². The highest BCUT2D eigenvalue weighted by molar-refractivity contribution is 14.1. The van der Waals surface area contributed by atoms with Crippen molar-refractivity contribution in [2.24, 2.45) is 0 Å². The molecule has 2 aromatic carbocycles. The van der Waals surface area contributed by atoms with Gasteiger partial charge in [-0.25, -0.2) is 0 Å². The van der Waals surface area contributed by atoms with Crippen LogP contribution in [0.3, 0.4) is 0 Å². The van der Waals surface area contributed by atoms with Gasteiger partial charge >= 0.3 is 0 Å². The Labute approximate surface area is 223 Å². The molecular weight excluding hydrogens is 571 g/mol. The molecule has 1 aliphatic heterocycles. The molecule has 1 saturated heterocycles. The molecule has 0 saturated carbocycles. The van der Waals surface area contributed by atoms with Gasteiger partial charge in [0.1, 0.15) is 17.2 Å². The summed E-state index contributed by atoms with van der Waals surface area (Å²) in [5.74, 6) is 2.29. The van der Waals surface area contributed by atoms with Crippen molar-refractivity contribution in [1.82, 2.24) is 15.3 Å². The van der Waals surface area contributed by atoms with E-state index in [9.17, 15) is 0 Å². The summed E-state index contributed by atoms with van der Waals surface area (Å²) in [6.07, 6.45) is 1.82. The Hall–Kier alpha value is -3.11. The van der Waals surface area contributed by atoms with E-state index in [2.05, 4.69) is 56.6 Å². The van der Waals surface area contributed by atoms with E-state index in [0.717, 1.165) is 40.0 Å². The molecule has 0 unspecified atom stereocenters. The summed E-state index contributed by atoms with van der Waals surface area (Å²) in [6.45, 7) is 4.22. The maximum atomic E-state index is 6.03. The van der Waals surface area contributed by atoms with Crippen molar-refractivity contribution in [2.45, 2.75) is 25.9 Å². The van der Waals surface area contributed by atoms with Crippen molar-refractivity contribution in [3.63, 3.8) is 0 Å². The lowest BCUT2D eigenvalue weighted by atomic mass is 9.96. The van der Waals surface area contributed by atoms with Crippen LogP contribution in [0.5, 0.6) is 17.2 Å². The first-order valence-electron chi connectivity index (χ1n) is 11.2. The van der Waals surface area contributed by atoms with Crippen molar-refractivity contribution >= 4 is 45.6 Å². The highest BCUT2D eigenvalue weighted by atomic mass is 127. The molecule has 0 bridgehead atoms. The predicted octanol–water partition coefficient (Wildman–Crippen LogP) is 6.61. The van der Waals surface area contributed by atoms with Gasteiger partial charge in [-0.2, -0.15) is 0 Å². The largest absolute Gasteiger partial charge is 0.497 e. The van der Waals surface area contributed by atoms with E-state index in [1.165, 1.54) is 9.13 Å². The number of hydrogen-bond donors (Lipinski definition) is 2. The van der Waals surface area contributed by atoms with Gasteiger partial charge in [-0.3, -0.25) is 4.98 Å². The van der Waals surface area contributed by atoms with Gasteiger partial charge in [-0.1, -0.05) is 6.07 Å². The minimum atomic E-state index is -0.0821. The lowest BCUT2D eigenvalue weighted by Gasteiger charge is -2.28. The molecule has 1 aliphatic rings. The van der Waals surface area contributed by atoms with E-state index >= 15 is 0 Å². The standard InChI is InChI=1S/C27H25IN4O2S/c1-16-23(24(28)17(2)30-16)26-25(22-6-4-5-15-29-22)31-27(35)32(26)18-7-9-20(10-8-18)34-21-13-11-19(33-3)12-14-21/h4-15,25-26,30H,1-3H3,(H,31,35)/t25-,26+/m1/s1. The average Bonchev–Trinajstić information content (AvgIpc) is 3.34. The number of anilines is 1. The molecule has 5 rings (SSSR count). The number of methoxy groups -OCH3 is 1. The van der Waals surface area contributed by atoms with Crippen LogP contribution in [0.4, 0.5) is 5.69 Å². The second kappa shape index (κ2) is 9.87. The Balaban J connectivity index is 1.49. The van der Waals surface area contributed by atoms with Crippen LogP contribution in [0, 0.1) is 17.4 Å². The van der Waals surface area contributed by atoms with Gasteiger partial charge in [0.2, 0.25) is 0 Å². The van der Waals surface area contributed by atoms with Crippen LogP contribution in [0.15, 0.2) is 72.9 Å². The van der Waals surface area contributed by atoms with E-state index in [1.807, 2.05) is 72.9 Å². The second-order valence-electron chi connectivity index (χ2n) is 8.37. The fourth-order valence-electron chi connectivity index (χ4n) is 4.50. The Bertz CT molecular complexity index is 1340. The van der Waals surface area contributed by atoms with Gasteiger partial charge in [0.15, 0.2) is 5.11 Å². The molecule has 3 heterocycles. The minimum Gasteiger partial charge on any atom is -0.497 e. The number of halogens is 1. The molecule has 0 radical (unpaired) electrons. The van der Waals surface area contributed by atoms with Crippen LogP contribution in [0.25, 0.3) is 0 Å². The second-order valence-corrected chi connectivity index (χ2v) is 9.84. The predicted molar refractivity (Wildman–Crippen MR) is 150 cm³/mol. The fraction of sp³-hybridized carbons (Fsp3) is 0.185. The number of aromatic nitrogens is 2. The third-order valence-corrected chi connectivity index (χ3v) is 7.85. The van der Waals surface area contributed by atoms with Gasteiger partial charge in [0.05, 0.1) is 24.9 Å². The van der Waals surface area contributed by atoms with Crippen molar-refractivity contribution < 1.29 is 9.47 Å². The number of rotatable bonds is 6. The Morgan fingerprint density at radius 3 is 2.14 bits per heavy atom. The zero-order valence-corrected chi connectivity index (χ0v) is 22.6. The number of aryl methyl sites for hydroxylation is 2. The number of H-pyrrole nitrogens is 1. The van der Waals surface area contributed by atoms with Gasteiger partial charge in [-0.05, 0) is 109 Å². The molecule has 2 N–H and O–H groups in total. The van der Waals surface area contributed by atoms with Crippen molar-refractivity contribution in [3.8, 4) is 17.2 Å². The molecule has 8 heteroatoms. The molecule has 35 heavy (non-hydrogen) atoms. The van der Waals surface area contributed by atoms with Gasteiger partial charge < -0.3 is 24.7 Å². The summed E-state index contributed by atoms with van der Waals surface area (Å²) in [4.78, 5) is 10.3. The van der Waals surface area contributed by atoms with E-state index in [-0.39, 0.29) is 12.1 Å². The molecule has 2 atom stereocenters. The summed E-state index contributed by atoms with van der Waals surface area (Å²) < 4.78 is 12.5. The Kier molecular flexibility index (Phi) is 6.66. The first kappa shape index (κ1) is 23.6. The molecule has 0 amide bonds. The Morgan fingerprint density at radius 1 is 0.914 bits per heavy atom. The highest BCUT2D eigenvalue weighted by Crippen LogP contribution is 2.45. The van der Waals surface area contributed by atoms with Gasteiger partial charge in [0.25, 0.3) is 0 Å². The van der Waals surface area contributed by atoms with E-state index in [0.29, 0.717) is 5.11 Å². The van der Waals surface area contributed by atoms with Crippen LogP contribution in [0.2, 0.25) is 0 Å². The lowest BCUT2D eigenvalue weighted by molar-refractivity contribution is 0.413. The molecule has 6 nitrogen and oxygen atoms in total. The van der Waals surface area contributed by atoms with Crippen LogP contribution in [-0.4, -0.2) is 22.2 Å². The van der Waals surface area contributed by atoms with E-state index < -0.39 is 0 Å². The maximum absolute atomic E-state index is 6.03. The van der Waals surface area contributed by atoms with Crippen LogP contribution < -0.4 is 19.7 Å². The number of nitrogens with one attached hydrogen (secondary N) is 2. The molecule has 0 aliphatic carbocycles. The summed E-state index contributed by atoms with van der Waals surface area (Å²) in [7, 11) is 1.65. The van der Waals surface area contributed by atoms with Crippen molar-refractivity contribution in [1.29, 1.82) is 0 Å². The monoisotopic (exact) mass is 596 g/mol. The Morgan fingerprint density at radius 2 is 1.57 bits per heavy atom. The van der Waals surface area contributed by atoms with Crippen LogP contribution in [-0.2, 0) is 0 Å². The molecule has 1 fully saturated rings. The number of hydrogen-bond acceptors (Lipinski definition) is 4. The number of thiocarbonyl (C=S) groups is 1. The van der Waals surface area contributed by atoms with Gasteiger partial charge in [-0.15, -0.1) is 0 Å². The molecule has 2 aromatic heterocycles. The highest BCUT2D eigenvalue weighted by Gasteiger charge is 2.43. The van der Waals surface area contributed by atoms with E-state index in [1.54, 1.807) is 7.11 Å². The molecule has 4 aromatic rings. The van der Waals surface area contributed by atoms with E-state index in [4.69, 9.17) is 21.7 Å². The quantitative estimate of drug-likeness (QED) is 0.193. The zero-order valence-electron chi connectivity index (χ0n) is 19.6.